The molecule has 18 heavy (non-hydrogen) atoms. The second-order valence-electron chi connectivity index (χ2n) is 6.08. The molecule has 1 saturated carbocycles. The Kier molecular flexibility index (Phi) is 6.27. The highest BCUT2D eigenvalue weighted by Gasteiger charge is 2.41. The van der Waals surface area contributed by atoms with Crippen molar-refractivity contribution in [2.24, 2.45) is 0 Å². The Morgan fingerprint density at radius 3 is 1.94 bits per heavy atom. The van der Waals surface area contributed by atoms with Gasteiger partial charge in [-0.05, 0) is 46.7 Å². The first kappa shape index (κ1) is 16.1. The SMILES string of the molecule is CCN[Si](NCC)(NC1CCCC1)OC(C)(C)C. The van der Waals surface area contributed by atoms with Gasteiger partial charge in [0.15, 0.2) is 0 Å². The van der Waals surface area contributed by atoms with Crippen molar-refractivity contribution in [3.63, 3.8) is 0 Å². The molecule has 0 saturated heterocycles. The molecule has 1 aliphatic rings. The lowest BCUT2D eigenvalue weighted by molar-refractivity contribution is 0.0991. The van der Waals surface area contributed by atoms with Crippen molar-refractivity contribution < 1.29 is 4.43 Å². The van der Waals surface area contributed by atoms with Crippen LogP contribution in [0.25, 0.3) is 0 Å². The maximum atomic E-state index is 6.37. The van der Waals surface area contributed by atoms with E-state index in [1.54, 1.807) is 0 Å². The number of hydrogen-bond donors (Lipinski definition) is 3. The Morgan fingerprint density at radius 2 is 1.56 bits per heavy atom. The Bertz CT molecular complexity index is 231. The van der Waals surface area contributed by atoms with Gasteiger partial charge in [-0.1, -0.05) is 26.7 Å². The molecule has 1 fully saturated rings. The standard InChI is InChI=1S/C13H31N3OSi/c1-6-14-18(15-7-2,17-13(3,4)5)16-12-10-8-9-11-12/h12,14-16H,6-11H2,1-5H3. The highest BCUT2D eigenvalue weighted by atomic mass is 28.4. The Labute approximate surface area is 114 Å². The molecule has 1 aliphatic carbocycles. The molecule has 0 aromatic carbocycles. The molecule has 3 N–H and O–H groups in total. The Balaban J connectivity index is 2.73. The lowest BCUT2D eigenvalue weighted by atomic mass is 10.2. The highest BCUT2D eigenvalue weighted by Crippen LogP contribution is 2.20. The molecule has 0 unspecified atom stereocenters. The van der Waals surface area contributed by atoms with Crippen molar-refractivity contribution in [3.05, 3.63) is 0 Å². The number of rotatable bonds is 7. The van der Waals surface area contributed by atoms with Gasteiger partial charge in [0, 0.05) is 6.04 Å². The van der Waals surface area contributed by atoms with Gasteiger partial charge in [-0.15, -0.1) is 0 Å². The summed E-state index contributed by atoms with van der Waals surface area (Å²) in [6.07, 6.45) is 5.24. The largest absolute Gasteiger partial charge is 0.440 e. The third-order valence-electron chi connectivity index (χ3n) is 3.07. The molecule has 1 rings (SSSR count). The summed E-state index contributed by atoms with van der Waals surface area (Å²) >= 11 is 0. The Hall–Kier alpha value is 0.0569. The van der Waals surface area contributed by atoms with E-state index in [1.807, 2.05) is 0 Å². The van der Waals surface area contributed by atoms with Crippen LogP contribution in [-0.4, -0.2) is 33.5 Å². The molecule has 0 aliphatic heterocycles. The van der Waals surface area contributed by atoms with E-state index < -0.39 is 8.80 Å². The zero-order valence-electron chi connectivity index (χ0n) is 12.7. The van der Waals surface area contributed by atoms with E-state index >= 15 is 0 Å². The fourth-order valence-electron chi connectivity index (χ4n) is 2.58. The zero-order valence-corrected chi connectivity index (χ0v) is 13.7. The molecule has 4 nitrogen and oxygen atoms in total. The summed E-state index contributed by atoms with van der Waals surface area (Å²) in [6.45, 7) is 12.5. The minimum absolute atomic E-state index is 0.137. The monoisotopic (exact) mass is 273 g/mol. The van der Waals surface area contributed by atoms with Gasteiger partial charge in [-0.2, -0.15) is 0 Å². The summed E-state index contributed by atoms with van der Waals surface area (Å²) in [5.74, 6) is 0. The van der Waals surface area contributed by atoms with E-state index in [1.165, 1.54) is 25.7 Å². The molecular formula is C13H31N3OSi. The normalized spacial score (nSPS) is 18.5. The maximum Gasteiger partial charge on any atom is 0.440 e. The van der Waals surface area contributed by atoms with Crippen LogP contribution < -0.4 is 14.9 Å². The van der Waals surface area contributed by atoms with Crippen LogP contribution in [0.4, 0.5) is 0 Å². The molecule has 5 heteroatoms. The van der Waals surface area contributed by atoms with Crippen LogP contribution in [0.3, 0.4) is 0 Å². The summed E-state index contributed by atoms with van der Waals surface area (Å²) in [6, 6.07) is 0.608. The van der Waals surface area contributed by atoms with Crippen LogP contribution in [0.1, 0.15) is 60.3 Å². The van der Waals surface area contributed by atoms with Gasteiger partial charge in [0.25, 0.3) is 0 Å². The molecule has 0 spiro atoms. The molecule has 0 bridgehead atoms. The Morgan fingerprint density at radius 1 is 1.06 bits per heavy atom. The number of nitrogens with one attached hydrogen (secondary N) is 3. The lowest BCUT2D eigenvalue weighted by Gasteiger charge is -2.39. The van der Waals surface area contributed by atoms with Crippen LogP contribution in [0.2, 0.25) is 0 Å². The first-order valence-electron chi connectivity index (χ1n) is 7.38. The predicted molar refractivity (Wildman–Crippen MR) is 79.3 cm³/mol. The summed E-state index contributed by atoms with van der Waals surface area (Å²) in [7, 11) is -2.25. The second kappa shape index (κ2) is 7.00. The first-order valence-corrected chi connectivity index (χ1v) is 9.29. The highest BCUT2D eigenvalue weighted by molar-refractivity contribution is 6.66. The molecular weight excluding hydrogens is 242 g/mol. The van der Waals surface area contributed by atoms with Crippen LogP contribution >= 0.6 is 0 Å². The summed E-state index contributed by atoms with van der Waals surface area (Å²) in [5.41, 5.74) is -0.137. The fraction of sp³-hybridized carbons (Fsp3) is 1.00. The summed E-state index contributed by atoms with van der Waals surface area (Å²) < 4.78 is 6.37. The lowest BCUT2D eigenvalue weighted by Crippen LogP contribution is -2.77. The fourth-order valence-corrected chi connectivity index (χ4v) is 5.89. The van der Waals surface area contributed by atoms with Crippen molar-refractivity contribution >= 4 is 8.80 Å². The van der Waals surface area contributed by atoms with Gasteiger partial charge in [0.1, 0.15) is 0 Å². The van der Waals surface area contributed by atoms with E-state index in [4.69, 9.17) is 4.43 Å². The van der Waals surface area contributed by atoms with Crippen molar-refractivity contribution in [1.29, 1.82) is 0 Å². The van der Waals surface area contributed by atoms with Gasteiger partial charge in [0.05, 0.1) is 5.60 Å². The van der Waals surface area contributed by atoms with Crippen molar-refractivity contribution in [2.75, 3.05) is 13.1 Å². The minimum atomic E-state index is -2.25. The van der Waals surface area contributed by atoms with Gasteiger partial charge in [-0.3, -0.25) is 14.9 Å². The molecule has 0 aromatic rings. The summed E-state index contributed by atoms with van der Waals surface area (Å²) in [4.78, 5) is 10.9. The smallest absolute Gasteiger partial charge is 0.375 e. The van der Waals surface area contributed by atoms with E-state index in [0.29, 0.717) is 6.04 Å². The van der Waals surface area contributed by atoms with Crippen molar-refractivity contribution in [2.45, 2.75) is 71.9 Å². The van der Waals surface area contributed by atoms with Crippen LogP contribution in [0, 0.1) is 0 Å². The van der Waals surface area contributed by atoms with Crippen LogP contribution in [0.15, 0.2) is 0 Å². The van der Waals surface area contributed by atoms with Crippen LogP contribution in [-0.2, 0) is 4.43 Å². The van der Waals surface area contributed by atoms with Gasteiger partial charge in [0.2, 0.25) is 0 Å². The molecule has 0 atom stereocenters. The third kappa shape index (κ3) is 5.36. The first-order chi connectivity index (χ1) is 8.41. The van der Waals surface area contributed by atoms with E-state index in [-0.39, 0.29) is 5.60 Å². The average molecular weight is 273 g/mol. The molecule has 0 radical (unpaired) electrons. The predicted octanol–water partition coefficient (Wildman–Crippen LogP) is 1.99. The average Bonchev–Trinajstić information content (AvgIpc) is 2.68. The van der Waals surface area contributed by atoms with Crippen molar-refractivity contribution in [3.8, 4) is 0 Å². The van der Waals surface area contributed by atoms with Gasteiger partial charge >= 0.3 is 8.80 Å². The second-order valence-corrected chi connectivity index (χ2v) is 8.64. The van der Waals surface area contributed by atoms with E-state index in [9.17, 15) is 0 Å². The molecule has 0 heterocycles. The zero-order chi connectivity index (χ0) is 13.6. The summed E-state index contributed by atoms with van der Waals surface area (Å²) in [5, 5.41) is 0. The quantitative estimate of drug-likeness (QED) is 0.621. The van der Waals surface area contributed by atoms with E-state index in [2.05, 4.69) is 49.6 Å². The molecule has 0 amide bonds. The minimum Gasteiger partial charge on any atom is -0.375 e. The topological polar surface area (TPSA) is 45.3 Å². The van der Waals surface area contributed by atoms with Gasteiger partial charge in [-0.25, -0.2) is 0 Å². The van der Waals surface area contributed by atoms with Gasteiger partial charge < -0.3 is 4.43 Å². The molecule has 0 aromatic heterocycles. The van der Waals surface area contributed by atoms with Crippen molar-refractivity contribution in [1.82, 2.24) is 14.9 Å². The van der Waals surface area contributed by atoms with E-state index in [0.717, 1.165) is 13.1 Å². The van der Waals surface area contributed by atoms with Crippen LogP contribution in [0.5, 0.6) is 0 Å². The third-order valence-corrected chi connectivity index (χ3v) is 6.51. The number of hydrogen-bond acceptors (Lipinski definition) is 4. The molecule has 108 valence electrons. The maximum absolute atomic E-state index is 6.37.